The molecule has 3 N–H and O–H groups in total. The molecule has 2 rings (SSSR count). The minimum absolute atomic E-state index is 0.121. The number of nitrogens with two attached hydrogens (primary N) is 1. The highest BCUT2D eigenvalue weighted by molar-refractivity contribution is 5.56. The Labute approximate surface area is 116 Å². The van der Waals surface area contributed by atoms with Crippen LogP contribution in [-0.4, -0.2) is 24.3 Å². The molecule has 0 aromatic heterocycles. The Bertz CT molecular complexity index is 394. The van der Waals surface area contributed by atoms with Gasteiger partial charge in [0.15, 0.2) is 0 Å². The minimum atomic E-state index is 0.121. The number of anilines is 1. The fourth-order valence-electron chi connectivity index (χ4n) is 3.06. The van der Waals surface area contributed by atoms with Crippen LogP contribution >= 0.6 is 0 Å². The van der Waals surface area contributed by atoms with Gasteiger partial charge in [-0.05, 0) is 43.7 Å². The Hall–Kier alpha value is -1.06. The van der Waals surface area contributed by atoms with Crippen molar-refractivity contribution in [1.82, 2.24) is 0 Å². The van der Waals surface area contributed by atoms with Gasteiger partial charge >= 0.3 is 0 Å². The van der Waals surface area contributed by atoms with Crippen molar-refractivity contribution < 1.29 is 5.11 Å². The number of benzene rings is 1. The van der Waals surface area contributed by atoms with Gasteiger partial charge in [0.1, 0.15) is 0 Å². The van der Waals surface area contributed by atoms with E-state index in [0.29, 0.717) is 12.6 Å². The molecule has 3 heteroatoms. The van der Waals surface area contributed by atoms with E-state index < -0.39 is 0 Å². The molecule has 0 aliphatic carbocycles. The van der Waals surface area contributed by atoms with Gasteiger partial charge < -0.3 is 15.7 Å². The fraction of sp³-hybridized carbons (Fsp3) is 0.625. The second kappa shape index (κ2) is 6.92. The fourth-order valence-corrected chi connectivity index (χ4v) is 3.06. The number of hydrogen-bond acceptors (Lipinski definition) is 3. The van der Waals surface area contributed by atoms with Crippen LogP contribution in [0.1, 0.15) is 50.6 Å². The summed E-state index contributed by atoms with van der Waals surface area (Å²) in [5.74, 6) is 0. The van der Waals surface area contributed by atoms with Crippen LogP contribution in [-0.2, 0) is 0 Å². The highest BCUT2D eigenvalue weighted by Gasteiger charge is 2.26. The third-order valence-electron chi connectivity index (χ3n) is 4.16. The van der Waals surface area contributed by atoms with Gasteiger partial charge in [0.2, 0.25) is 0 Å². The largest absolute Gasteiger partial charge is 0.396 e. The van der Waals surface area contributed by atoms with Crippen LogP contribution in [0.2, 0.25) is 0 Å². The van der Waals surface area contributed by atoms with Gasteiger partial charge in [0.05, 0.1) is 0 Å². The molecule has 106 valence electrons. The van der Waals surface area contributed by atoms with Gasteiger partial charge in [-0.2, -0.15) is 0 Å². The second-order valence-corrected chi connectivity index (χ2v) is 5.43. The highest BCUT2D eigenvalue weighted by atomic mass is 16.2. The molecule has 0 amide bonds. The quantitative estimate of drug-likeness (QED) is 0.829. The van der Waals surface area contributed by atoms with Crippen LogP contribution in [0.25, 0.3) is 0 Å². The third-order valence-corrected chi connectivity index (χ3v) is 4.16. The lowest BCUT2D eigenvalue weighted by Crippen LogP contribution is -2.31. The first-order chi connectivity index (χ1) is 9.27. The van der Waals surface area contributed by atoms with E-state index in [0.717, 1.165) is 25.8 Å². The number of aliphatic hydroxyl groups excluding tert-OH is 1. The number of rotatable bonds is 6. The molecule has 1 aliphatic rings. The molecule has 0 saturated carbocycles. The predicted molar refractivity (Wildman–Crippen MR) is 80.3 cm³/mol. The van der Waals surface area contributed by atoms with E-state index in [1.807, 2.05) is 0 Å². The number of para-hydroxylation sites is 1. The normalized spacial score (nSPS) is 20.8. The molecule has 1 saturated heterocycles. The molecule has 0 spiro atoms. The number of nitrogens with zero attached hydrogens (tertiary/aromatic N) is 1. The summed E-state index contributed by atoms with van der Waals surface area (Å²) in [6.45, 7) is 3.54. The van der Waals surface area contributed by atoms with Gasteiger partial charge in [0.25, 0.3) is 0 Å². The molecule has 2 atom stereocenters. The van der Waals surface area contributed by atoms with Crippen molar-refractivity contribution in [3.8, 4) is 0 Å². The molecule has 1 aromatic rings. The summed E-state index contributed by atoms with van der Waals surface area (Å²) >= 11 is 0. The zero-order chi connectivity index (χ0) is 13.7. The number of aliphatic hydroxyl groups is 1. The Morgan fingerprint density at radius 2 is 2.21 bits per heavy atom. The third kappa shape index (κ3) is 3.28. The molecular weight excluding hydrogens is 236 g/mol. The van der Waals surface area contributed by atoms with Gasteiger partial charge in [-0.1, -0.05) is 25.1 Å². The highest BCUT2D eigenvalue weighted by Crippen LogP contribution is 2.33. The lowest BCUT2D eigenvalue weighted by Gasteiger charge is -2.30. The second-order valence-electron chi connectivity index (χ2n) is 5.43. The van der Waals surface area contributed by atoms with E-state index in [-0.39, 0.29) is 6.04 Å². The van der Waals surface area contributed by atoms with E-state index >= 15 is 0 Å². The van der Waals surface area contributed by atoms with E-state index in [9.17, 15) is 0 Å². The van der Waals surface area contributed by atoms with Crippen molar-refractivity contribution in [1.29, 1.82) is 0 Å². The molecule has 1 aliphatic heterocycles. The zero-order valence-corrected chi connectivity index (χ0v) is 11.9. The van der Waals surface area contributed by atoms with Crippen LogP contribution in [0.4, 0.5) is 5.69 Å². The van der Waals surface area contributed by atoms with Crippen LogP contribution in [0.3, 0.4) is 0 Å². The van der Waals surface area contributed by atoms with Gasteiger partial charge in [0, 0.05) is 30.9 Å². The van der Waals surface area contributed by atoms with E-state index in [1.54, 1.807) is 0 Å². The van der Waals surface area contributed by atoms with E-state index in [1.165, 1.54) is 24.1 Å². The summed E-state index contributed by atoms with van der Waals surface area (Å²) in [6.07, 6.45) is 5.41. The summed E-state index contributed by atoms with van der Waals surface area (Å²) in [6, 6.07) is 9.22. The average molecular weight is 262 g/mol. The van der Waals surface area contributed by atoms with Crippen molar-refractivity contribution in [3.63, 3.8) is 0 Å². The Morgan fingerprint density at radius 3 is 2.95 bits per heavy atom. The lowest BCUT2D eigenvalue weighted by atomic mass is 10.0. The standard InChI is InChI=1S/C16H26N2O/c1-2-15(17)14-9-3-4-10-16(14)18-11-5-7-13(18)8-6-12-19/h3-4,9-10,13,15,19H,2,5-8,11-12,17H2,1H3. The molecule has 1 fully saturated rings. The lowest BCUT2D eigenvalue weighted by molar-refractivity contribution is 0.279. The Kier molecular flexibility index (Phi) is 5.23. The Balaban J connectivity index is 2.20. The first kappa shape index (κ1) is 14.4. The van der Waals surface area contributed by atoms with Crippen molar-refractivity contribution in [2.24, 2.45) is 5.73 Å². The first-order valence-electron chi connectivity index (χ1n) is 7.50. The van der Waals surface area contributed by atoms with Crippen LogP contribution in [0, 0.1) is 0 Å². The van der Waals surface area contributed by atoms with Crippen LogP contribution < -0.4 is 10.6 Å². The molecule has 19 heavy (non-hydrogen) atoms. The van der Waals surface area contributed by atoms with E-state index in [4.69, 9.17) is 10.8 Å². The maximum absolute atomic E-state index is 9.03. The molecular formula is C16H26N2O. The summed E-state index contributed by atoms with van der Waals surface area (Å²) < 4.78 is 0. The summed E-state index contributed by atoms with van der Waals surface area (Å²) in [5.41, 5.74) is 8.81. The summed E-state index contributed by atoms with van der Waals surface area (Å²) in [4.78, 5) is 2.50. The van der Waals surface area contributed by atoms with Crippen molar-refractivity contribution in [3.05, 3.63) is 29.8 Å². The van der Waals surface area contributed by atoms with Crippen molar-refractivity contribution >= 4 is 5.69 Å². The van der Waals surface area contributed by atoms with Crippen molar-refractivity contribution in [2.45, 2.75) is 51.1 Å². The first-order valence-corrected chi connectivity index (χ1v) is 7.50. The minimum Gasteiger partial charge on any atom is -0.396 e. The van der Waals surface area contributed by atoms with Crippen molar-refractivity contribution in [2.75, 3.05) is 18.1 Å². The molecule has 0 radical (unpaired) electrons. The molecule has 1 heterocycles. The van der Waals surface area contributed by atoms with Gasteiger partial charge in [-0.3, -0.25) is 0 Å². The average Bonchev–Trinajstić information content (AvgIpc) is 2.92. The predicted octanol–water partition coefficient (Wildman–Crippen LogP) is 2.84. The monoisotopic (exact) mass is 262 g/mol. The van der Waals surface area contributed by atoms with Gasteiger partial charge in [-0.15, -0.1) is 0 Å². The maximum atomic E-state index is 9.03. The summed E-state index contributed by atoms with van der Waals surface area (Å²) in [5, 5.41) is 9.03. The topological polar surface area (TPSA) is 49.5 Å². The summed E-state index contributed by atoms with van der Waals surface area (Å²) in [7, 11) is 0. The molecule has 0 bridgehead atoms. The van der Waals surface area contributed by atoms with E-state index in [2.05, 4.69) is 36.1 Å². The maximum Gasteiger partial charge on any atom is 0.0431 e. The van der Waals surface area contributed by atoms with Crippen LogP contribution in [0.15, 0.2) is 24.3 Å². The van der Waals surface area contributed by atoms with Crippen LogP contribution in [0.5, 0.6) is 0 Å². The number of hydrogen-bond donors (Lipinski definition) is 2. The zero-order valence-electron chi connectivity index (χ0n) is 11.9. The Morgan fingerprint density at radius 1 is 1.42 bits per heavy atom. The molecule has 2 unspecified atom stereocenters. The smallest absolute Gasteiger partial charge is 0.0431 e. The SMILES string of the molecule is CCC(N)c1ccccc1N1CCCC1CCCO. The molecule has 1 aromatic carbocycles. The molecule has 3 nitrogen and oxygen atoms in total. The van der Waals surface area contributed by atoms with Gasteiger partial charge in [-0.25, -0.2) is 0 Å².